The van der Waals surface area contributed by atoms with Gasteiger partial charge in [-0.1, -0.05) is 25.1 Å². The van der Waals surface area contributed by atoms with Crippen molar-refractivity contribution in [2.24, 2.45) is 16.8 Å². The summed E-state index contributed by atoms with van der Waals surface area (Å²) in [6, 6.07) is 5.64. The minimum atomic E-state index is -4.54. The van der Waals surface area contributed by atoms with Gasteiger partial charge in [-0.05, 0) is 49.3 Å². The summed E-state index contributed by atoms with van der Waals surface area (Å²) in [5.74, 6) is 0.904. The Morgan fingerprint density at radius 3 is 2.50 bits per heavy atom. The predicted octanol–water partition coefficient (Wildman–Crippen LogP) is 4.75. The van der Waals surface area contributed by atoms with Gasteiger partial charge in [0.1, 0.15) is 5.71 Å². The van der Waals surface area contributed by atoms with Crippen molar-refractivity contribution >= 4 is 28.7 Å². The van der Waals surface area contributed by atoms with Crippen molar-refractivity contribution < 1.29 is 22.8 Å². The first kappa shape index (κ1) is 28.1. The van der Waals surface area contributed by atoms with Gasteiger partial charge in [0.2, 0.25) is 5.91 Å². The summed E-state index contributed by atoms with van der Waals surface area (Å²) >= 11 is 0. The van der Waals surface area contributed by atoms with E-state index in [0.29, 0.717) is 61.1 Å². The number of aryl methyl sites for hydroxylation is 1. The molecule has 0 bridgehead atoms. The Balaban J connectivity index is 1.13. The second-order valence-corrected chi connectivity index (χ2v) is 11.6. The molecule has 1 aromatic carbocycles. The van der Waals surface area contributed by atoms with E-state index >= 15 is 0 Å². The second kappa shape index (κ2) is 11.0. The summed E-state index contributed by atoms with van der Waals surface area (Å²) in [4.78, 5) is 42.5. The van der Waals surface area contributed by atoms with Gasteiger partial charge in [-0.3, -0.25) is 24.0 Å². The molecule has 42 heavy (non-hydrogen) atoms. The third-order valence-corrected chi connectivity index (χ3v) is 8.66. The molecule has 2 atom stereocenters. The highest BCUT2D eigenvalue weighted by Crippen LogP contribution is 2.33. The number of carbonyl (C=O) groups excluding carboxylic acids is 2. The Hall–Kier alpha value is -4.02. The predicted molar refractivity (Wildman–Crippen MR) is 152 cm³/mol. The third kappa shape index (κ3) is 5.32. The highest BCUT2D eigenvalue weighted by molar-refractivity contribution is 6.27. The number of carbonyl (C=O) groups is 2. The van der Waals surface area contributed by atoms with E-state index in [1.165, 1.54) is 12.3 Å². The third-order valence-electron chi connectivity index (χ3n) is 8.66. The number of alkyl halides is 3. The molecule has 0 radical (unpaired) electrons. The highest BCUT2D eigenvalue weighted by atomic mass is 19.4. The number of benzene rings is 1. The van der Waals surface area contributed by atoms with Crippen molar-refractivity contribution in [3.8, 4) is 0 Å². The monoisotopic (exact) mass is 578 g/mol. The number of fused-ring (bicyclic) bond motifs is 1. The van der Waals surface area contributed by atoms with E-state index < -0.39 is 11.9 Å². The van der Waals surface area contributed by atoms with E-state index in [0.717, 1.165) is 30.4 Å². The number of hydrogen-bond donors (Lipinski definition) is 0. The van der Waals surface area contributed by atoms with Gasteiger partial charge in [-0.2, -0.15) is 13.2 Å². The molecule has 2 aliphatic heterocycles. The van der Waals surface area contributed by atoms with Gasteiger partial charge in [0.25, 0.3) is 5.91 Å². The summed E-state index contributed by atoms with van der Waals surface area (Å²) in [5, 5.41) is 0. The van der Waals surface area contributed by atoms with Crippen LogP contribution >= 0.6 is 0 Å². The van der Waals surface area contributed by atoms with Crippen molar-refractivity contribution in [2.75, 3.05) is 32.7 Å². The molecule has 0 spiro atoms. The highest BCUT2D eigenvalue weighted by Gasteiger charge is 2.40. The van der Waals surface area contributed by atoms with Gasteiger partial charge in [0, 0.05) is 62.0 Å². The lowest BCUT2D eigenvalue weighted by molar-refractivity contribution is -0.136. The summed E-state index contributed by atoms with van der Waals surface area (Å²) in [6.45, 7) is 6.21. The average molecular weight is 579 g/mol. The minimum absolute atomic E-state index is 0.0178. The number of hydrogen-bond acceptors (Lipinski definition) is 5. The minimum Gasteiger partial charge on any atom is -0.339 e. The number of amides is 2. The van der Waals surface area contributed by atoms with Crippen LogP contribution in [0.1, 0.15) is 59.1 Å². The number of allylic oxidation sites excluding steroid dienone is 1. The largest absolute Gasteiger partial charge is 0.433 e. The summed E-state index contributed by atoms with van der Waals surface area (Å²) in [6.07, 6.45) is 4.91. The van der Waals surface area contributed by atoms with Crippen LogP contribution in [0.25, 0.3) is 11.2 Å². The number of imidazole rings is 1. The molecule has 11 heteroatoms. The van der Waals surface area contributed by atoms with Crippen LogP contribution in [0.2, 0.25) is 0 Å². The van der Waals surface area contributed by atoms with Gasteiger partial charge < -0.3 is 9.80 Å². The summed E-state index contributed by atoms with van der Waals surface area (Å²) < 4.78 is 42.0. The fourth-order valence-electron chi connectivity index (χ4n) is 6.43. The summed E-state index contributed by atoms with van der Waals surface area (Å²) in [5.41, 5.74) is 2.88. The molecule has 1 saturated carbocycles. The number of rotatable bonds is 5. The molecular weight excluding hydrogens is 545 g/mol. The normalized spacial score (nSPS) is 21.2. The molecule has 2 amide bonds. The molecular formula is C31H33F3N6O2. The van der Waals surface area contributed by atoms with Gasteiger partial charge >= 0.3 is 6.18 Å². The van der Waals surface area contributed by atoms with E-state index in [1.807, 2.05) is 34.9 Å². The lowest BCUT2D eigenvalue weighted by Gasteiger charge is -2.36. The average Bonchev–Trinajstić information content (AvgIpc) is 3.72. The van der Waals surface area contributed by atoms with E-state index in [2.05, 4.69) is 21.9 Å². The first-order valence-electron chi connectivity index (χ1n) is 14.4. The van der Waals surface area contributed by atoms with E-state index in [4.69, 9.17) is 0 Å². The van der Waals surface area contributed by atoms with Gasteiger partial charge in [0.15, 0.2) is 5.65 Å². The first-order valence-corrected chi connectivity index (χ1v) is 14.4. The molecule has 6 rings (SSSR count). The lowest BCUT2D eigenvalue weighted by Crippen LogP contribution is -2.51. The molecule has 8 nitrogen and oxygen atoms in total. The SMILES string of the molecule is Cc1cc(Cc2nccn3c(C4=CCN=C4C(F)(F)F)cnc23)ccc1C(=O)N1CCN(C(=O)[C@@H]2CC[C@H](C)C2)CC1. The second-order valence-electron chi connectivity index (χ2n) is 11.6. The lowest BCUT2D eigenvalue weighted by atomic mass is 10.0. The Bertz CT molecular complexity index is 1600. The van der Waals surface area contributed by atoms with Gasteiger partial charge in [-0.15, -0.1) is 0 Å². The number of aromatic nitrogens is 3. The Labute approximate surface area is 242 Å². The maximum absolute atomic E-state index is 13.5. The van der Waals surface area contributed by atoms with Crippen LogP contribution in [0.5, 0.6) is 0 Å². The van der Waals surface area contributed by atoms with Crippen LogP contribution in [0.4, 0.5) is 13.2 Å². The Morgan fingerprint density at radius 1 is 1.05 bits per heavy atom. The van der Waals surface area contributed by atoms with Crippen molar-refractivity contribution in [3.05, 3.63) is 70.9 Å². The molecule has 3 aliphatic rings. The molecule has 3 aromatic rings. The maximum Gasteiger partial charge on any atom is 0.433 e. The van der Waals surface area contributed by atoms with Crippen LogP contribution in [-0.2, 0) is 11.2 Å². The number of aliphatic imine (C=N–C) groups is 1. The van der Waals surface area contributed by atoms with Gasteiger partial charge in [-0.25, -0.2) is 4.98 Å². The molecule has 1 aliphatic carbocycles. The van der Waals surface area contributed by atoms with Crippen LogP contribution < -0.4 is 0 Å². The van der Waals surface area contributed by atoms with Crippen molar-refractivity contribution in [1.29, 1.82) is 0 Å². The smallest absolute Gasteiger partial charge is 0.339 e. The van der Waals surface area contributed by atoms with Crippen molar-refractivity contribution in [3.63, 3.8) is 0 Å². The van der Waals surface area contributed by atoms with Crippen LogP contribution in [0.15, 0.2) is 47.9 Å². The summed E-state index contributed by atoms with van der Waals surface area (Å²) in [7, 11) is 0. The Morgan fingerprint density at radius 2 is 1.81 bits per heavy atom. The zero-order valence-electron chi connectivity index (χ0n) is 23.7. The Kier molecular flexibility index (Phi) is 7.36. The van der Waals surface area contributed by atoms with Crippen LogP contribution in [0.3, 0.4) is 0 Å². The zero-order valence-corrected chi connectivity index (χ0v) is 23.7. The maximum atomic E-state index is 13.5. The van der Waals surface area contributed by atoms with Crippen LogP contribution in [-0.4, -0.2) is 80.6 Å². The van der Waals surface area contributed by atoms with E-state index in [9.17, 15) is 22.8 Å². The first-order chi connectivity index (χ1) is 20.1. The van der Waals surface area contributed by atoms with Crippen molar-refractivity contribution in [2.45, 2.75) is 45.7 Å². The number of nitrogens with zero attached hydrogens (tertiary/aromatic N) is 6. The zero-order chi connectivity index (χ0) is 29.6. The topological polar surface area (TPSA) is 83.2 Å². The standard InChI is InChI=1S/C31H33F3N6O2/c1-19-3-5-22(15-19)29(41)38-11-13-39(14-12-38)30(42)23-6-4-21(16-20(23)2)17-25-28-37-18-26(40(28)10-9-35-25)24-7-8-36-27(24)31(32,33)34/h4,6-7,9-10,16,18-19,22H,3,5,8,11-15,17H2,1-2H3/t19-,22+/m0/s1. The number of halogens is 3. The molecule has 2 aromatic heterocycles. The molecule has 2 fully saturated rings. The molecule has 0 N–H and O–H groups in total. The molecule has 4 heterocycles. The van der Waals surface area contributed by atoms with Crippen LogP contribution in [0, 0.1) is 18.8 Å². The van der Waals surface area contributed by atoms with E-state index in [-0.39, 0.29) is 29.9 Å². The molecule has 0 unspecified atom stereocenters. The number of piperazine rings is 1. The molecule has 1 saturated heterocycles. The van der Waals surface area contributed by atoms with E-state index in [1.54, 1.807) is 16.8 Å². The van der Waals surface area contributed by atoms with Crippen molar-refractivity contribution in [1.82, 2.24) is 24.2 Å². The quantitative estimate of drug-likeness (QED) is 0.438. The fraction of sp³-hybridized carbons (Fsp3) is 0.452. The fourth-order valence-corrected chi connectivity index (χ4v) is 6.43. The van der Waals surface area contributed by atoms with Gasteiger partial charge in [0.05, 0.1) is 24.1 Å². The molecule has 220 valence electrons.